The minimum Gasteiger partial charge on any atom is -0.392 e. The third-order valence-electron chi connectivity index (χ3n) is 3.24. The minimum absolute atomic E-state index is 0.126. The molecule has 1 fully saturated rings. The van der Waals surface area contributed by atoms with Gasteiger partial charge in [-0.15, -0.1) is 0 Å². The predicted molar refractivity (Wildman–Crippen MR) is 71.2 cm³/mol. The average molecular weight is 237 g/mol. The first-order valence-electron chi connectivity index (χ1n) is 5.73. The Labute approximate surface area is 102 Å². The van der Waals surface area contributed by atoms with E-state index in [1.54, 1.807) is 0 Å². The molecule has 2 nitrogen and oxygen atoms in total. The molecular weight excluding hydrogens is 218 g/mol. The van der Waals surface area contributed by atoms with Crippen LogP contribution < -0.4 is 4.90 Å². The molecule has 0 radical (unpaired) electrons. The number of aliphatic hydroxyl groups excluding tert-OH is 1. The van der Waals surface area contributed by atoms with Crippen molar-refractivity contribution in [1.82, 2.24) is 0 Å². The van der Waals surface area contributed by atoms with Gasteiger partial charge in [0.2, 0.25) is 0 Å². The van der Waals surface area contributed by atoms with Gasteiger partial charge < -0.3 is 10.0 Å². The van der Waals surface area contributed by atoms with E-state index >= 15 is 0 Å². The van der Waals surface area contributed by atoms with Crippen LogP contribution in [0.1, 0.15) is 17.5 Å². The van der Waals surface area contributed by atoms with E-state index in [1.807, 2.05) is 11.8 Å². The maximum Gasteiger partial charge on any atom is 0.0702 e. The van der Waals surface area contributed by atoms with Gasteiger partial charge in [-0.3, -0.25) is 0 Å². The van der Waals surface area contributed by atoms with E-state index < -0.39 is 0 Å². The SMILES string of the molecule is Cc1ccc(N(C)C2CCSC2)c(CO)c1. The Hall–Kier alpha value is -0.670. The van der Waals surface area contributed by atoms with Crippen LogP contribution in [-0.4, -0.2) is 29.7 Å². The second-order valence-electron chi connectivity index (χ2n) is 4.42. The average Bonchev–Trinajstić information content (AvgIpc) is 2.81. The van der Waals surface area contributed by atoms with Gasteiger partial charge in [0, 0.05) is 30.1 Å². The first-order valence-corrected chi connectivity index (χ1v) is 6.89. The number of hydrogen-bond acceptors (Lipinski definition) is 3. The van der Waals surface area contributed by atoms with Crippen LogP contribution in [0.4, 0.5) is 5.69 Å². The lowest BCUT2D eigenvalue weighted by molar-refractivity contribution is 0.282. The van der Waals surface area contributed by atoms with Crippen molar-refractivity contribution in [3.8, 4) is 0 Å². The number of nitrogens with zero attached hydrogens (tertiary/aromatic N) is 1. The Morgan fingerprint density at radius 2 is 2.31 bits per heavy atom. The van der Waals surface area contributed by atoms with Gasteiger partial charge in [0.15, 0.2) is 0 Å². The smallest absolute Gasteiger partial charge is 0.0702 e. The fraction of sp³-hybridized carbons (Fsp3) is 0.538. The van der Waals surface area contributed by atoms with Gasteiger partial charge in [-0.1, -0.05) is 17.7 Å². The molecular formula is C13H19NOS. The number of benzene rings is 1. The van der Waals surface area contributed by atoms with Crippen LogP contribution in [-0.2, 0) is 6.61 Å². The Kier molecular flexibility index (Phi) is 3.77. The molecule has 0 saturated carbocycles. The number of aryl methyl sites for hydroxylation is 1. The molecule has 0 bridgehead atoms. The van der Waals surface area contributed by atoms with Crippen molar-refractivity contribution in [3.05, 3.63) is 29.3 Å². The van der Waals surface area contributed by atoms with E-state index in [-0.39, 0.29) is 6.61 Å². The van der Waals surface area contributed by atoms with E-state index in [0.717, 1.165) is 5.56 Å². The second kappa shape index (κ2) is 5.11. The van der Waals surface area contributed by atoms with Crippen LogP contribution in [0.2, 0.25) is 0 Å². The van der Waals surface area contributed by atoms with E-state index in [0.29, 0.717) is 6.04 Å². The van der Waals surface area contributed by atoms with Crippen molar-refractivity contribution < 1.29 is 5.11 Å². The summed E-state index contributed by atoms with van der Waals surface area (Å²) >= 11 is 2.02. The highest BCUT2D eigenvalue weighted by Gasteiger charge is 2.21. The van der Waals surface area contributed by atoms with Crippen molar-refractivity contribution in [1.29, 1.82) is 0 Å². The predicted octanol–water partition coefficient (Wildman–Crippen LogP) is 2.43. The summed E-state index contributed by atoms with van der Waals surface area (Å²) in [6, 6.07) is 6.95. The lowest BCUT2D eigenvalue weighted by Crippen LogP contribution is -2.32. The standard InChI is InChI=1S/C13H19NOS/c1-10-3-4-13(11(7-10)8-15)14(2)12-5-6-16-9-12/h3-4,7,12,15H,5-6,8-9H2,1-2H3. The molecule has 16 heavy (non-hydrogen) atoms. The number of rotatable bonds is 3. The Morgan fingerprint density at radius 1 is 1.50 bits per heavy atom. The van der Waals surface area contributed by atoms with Gasteiger partial charge in [-0.25, -0.2) is 0 Å². The highest BCUT2D eigenvalue weighted by Crippen LogP contribution is 2.28. The molecule has 0 spiro atoms. The minimum atomic E-state index is 0.126. The van der Waals surface area contributed by atoms with Gasteiger partial charge >= 0.3 is 0 Å². The third-order valence-corrected chi connectivity index (χ3v) is 4.38. The highest BCUT2D eigenvalue weighted by molar-refractivity contribution is 7.99. The number of hydrogen-bond donors (Lipinski definition) is 1. The van der Waals surface area contributed by atoms with Crippen LogP contribution in [0.25, 0.3) is 0 Å². The molecule has 1 aromatic carbocycles. The fourth-order valence-corrected chi connectivity index (χ4v) is 3.48. The molecule has 1 heterocycles. The van der Waals surface area contributed by atoms with Gasteiger partial charge in [0.25, 0.3) is 0 Å². The molecule has 88 valence electrons. The summed E-state index contributed by atoms with van der Waals surface area (Å²) < 4.78 is 0. The van der Waals surface area contributed by atoms with E-state index in [9.17, 15) is 5.11 Å². The summed E-state index contributed by atoms with van der Waals surface area (Å²) in [5.41, 5.74) is 3.43. The van der Waals surface area contributed by atoms with Crippen molar-refractivity contribution in [2.45, 2.75) is 26.0 Å². The van der Waals surface area contributed by atoms with Crippen LogP contribution in [0, 0.1) is 6.92 Å². The Morgan fingerprint density at radius 3 is 2.94 bits per heavy atom. The Balaban J connectivity index is 2.24. The zero-order valence-corrected chi connectivity index (χ0v) is 10.8. The van der Waals surface area contributed by atoms with Crippen LogP contribution in [0.15, 0.2) is 18.2 Å². The summed E-state index contributed by atoms with van der Waals surface area (Å²) in [5, 5.41) is 9.40. The van der Waals surface area contributed by atoms with Gasteiger partial charge in [-0.2, -0.15) is 11.8 Å². The summed E-state index contributed by atoms with van der Waals surface area (Å²) in [5.74, 6) is 2.46. The molecule has 0 amide bonds. The van der Waals surface area contributed by atoms with Gasteiger partial charge in [0.1, 0.15) is 0 Å². The van der Waals surface area contributed by atoms with E-state index in [2.05, 4.69) is 37.1 Å². The lowest BCUT2D eigenvalue weighted by Gasteiger charge is -2.28. The van der Waals surface area contributed by atoms with Crippen molar-refractivity contribution in [2.75, 3.05) is 23.5 Å². The molecule has 1 N–H and O–H groups in total. The molecule has 0 aliphatic carbocycles. The maximum atomic E-state index is 9.40. The molecule has 1 saturated heterocycles. The summed E-state index contributed by atoms with van der Waals surface area (Å²) in [6.45, 7) is 2.19. The molecule has 1 atom stereocenters. The monoisotopic (exact) mass is 237 g/mol. The lowest BCUT2D eigenvalue weighted by atomic mass is 10.1. The van der Waals surface area contributed by atoms with Crippen molar-refractivity contribution in [2.24, 2.45) is 0 Å². The largest absolute Gasteiger partial charge is 0.392 e. The normalized spacial score (nSPS) is 20.1. The Bertz CT molecular complexity index is 361. The topological polar surface area (TPSA) is 23.5 Å². The zero-order chi connectivity index (χ0) is 11.5. The summed E-state index contributed by atoms with van der Waals surface area (Å²) in [7, 11) is 2.14. The zero-order valence-electron chi connectivity index (χ0n) is 9.94. The second-order valence-corrected chi connectivity index (χ2v) is 5.57. The highest BCUT2D eigenvalue weighted by atomic mass is 32.2. The molecule has 1 aliphatic rings. The molecule has 2 rings (SSSR count). The van der Waals surface area contributed by atoms with Crippen LogP contribution in [0.3, 0.4) is 0 Å². The number of anilines is 1. The molecule has 0 aromatic heterocycles. The van der Waals surface area contributed by atoms with E-state index in [4.69, 9.17) is 0 Å². The molecule has 1 aliphatic heterocycles. The van der Waals surface area contributed by atoms with Gasteiger partial charge in [-0.05, 0) is 25.2 Å². The summed E-state index contributed by atoms with van der Waals surface area (Å²) in [4.78, 5) is 2.32. The molecule has 1 unspecified atom stereocenters. The molecule has 3 heteroatoms. The van der Waals surface area contributed by atoms with Crippen LogP contribution in [0.5, 0.6) is 0 Å². The molecule has 1 aromatic rings. The number of aliphatic hydroxyl groups is 1. The maximum absolute atomic E-state index is 9.40. The number of thioether (sulfide) groups is 1. The quantitative estimate of drug-likeness (QED) is 0.873. The van der Waals surface area contributed by atoms with Crippen LogP contribution >= 0.6 is 11.8 Å². The van der Waals surface area contributed by atoms with Gasteiger partial charge in [0.05, 0.1) is 6.61 Å². The first kappa shape index (κ1) is 11.8. The third kappa shape index (κ3) is 2.36. The summed E-state index contributed by atoms with van der Waals surface area (Å²) in [6.07, 6.45) is 1.25. The fourth-order valence-electron chi connectivity index (χ4n) is 2.21. The van der Waals surface area contributed by atoms with E-state index in [1.165, 1.54) is 29.2 Å². The first-order chi connectivity index (χ1) is 7.72. The van der Waals surface area contributed by atoms with Crippen molar-refractivity contribution in [3.63, 3.8) is 0 Å². The van der Waals surface area contributed by atoms with Crippen molar-refractivity contribution >= 4 is 17.4 Å².